The number of hydrogen-bond donors (Lipinski definition) is 1. The standard InChI is InChI=1S/C22H22N4O4S/c1-13-3-5-16(7-14(13)2)25-10-23-22-26(11-25)21(28)19(31-22)9-20(27)24-15-4-6-17-18(8-15)30-12-29-17/h3-8,19H,9-12H2,1-2H3,(H,24,27)/t19-/m1/s1. The lowest BCUT2D eigenvalue weighted by Gasteiger charge is -2.32. The summed E-state index contributed by atoms with van der Waals surface area (Å²) in [7, 11) is 0. The minimum absolute atomic E-state index is 0.0805. The van der Waals surface area contributed by atoms with E-state index in [1.807, 2.05) is 6.07 Å². The molecular formula is C22H22N4O4S. The molecule has 1 saturated heterocycles. The Morgan fingerprint density at radius 2 is 2.00 bits per heavy atom. The molecule has 3 aliphatic heterocycles. The van der Waals surface area contributed by atoms with Gasteiger partial charge in [0.05, 0.1) is 0 Å². The van der Waals surface area contributed by atoms with E-state index in [-0.39, 0.29) is 25.0 Å². The highest BCUT2D eigenvalue weighted by atomic mass is 32.2. The second-order valence-corrected chi connectivity index (χ2v) is 8.89. The number of hydrogen-bond acceptors (Lipinski definition) is 7. The van der Waals surface area contributed by atoms with Crippen molar-refractivity contribution >= 4 is 40.1 Å². The number of thioether (sulfide) groups is 1. The lowest BCUT2D eigenvalue weighted by molar-refractivity contribution is -0.128. The number of anilines is 2. The van der Waals surface area contributed by atoms with Crippen molar-refractivity contribution in [3.05, 3.63) is 47.5 Å². The summed E-state index contributed by atoms with van der Waals surface area (Å²) >= 11 is 1.36. The van der Waals surface area contributed by atoms with Crippen molar-refractivity contribution in [2.24, 2.45) is 4.99 Å². The molecule has 0 unspecified atom stereocenters. The van der Waals surface area contributed by atoms with Gasteiger partial charge in [0.25, 0.3) is 0 Å². The van der Waals surface area contributed by atoms with E-state index in [1.54, 1.807) is 23.1 Å². The summed E-state index contributed by atoms with van der Waals surface area (Å²) in [5.74, 6) is 0.944. The molecule has 1 fully saturated rings. The first-order valence-corrected chi connectivity index (χ1v) is 10.9. The van der Waals surface area contributed by atoms with Crippen molar-refractivity contribution in [3.63, 3.8) is 0 Å². The predicted molar refractivity (Wildman–Crippen MR) is 120 cm³/mol. The number of amides is 2. The molecule has 5 rings (SSSR count). The number of ether oxygens (including phenoxy) is 2. The van der Waals surface area contributed by atoms with E-state index in [2.05, 4.69) is 41.2 Å². The number of nitrogens with zero attached hydrogens (tertiary/aromatic N) is 3. The van der Waals surface area contributed by atoms with Gasteiger partial charge in [-0.05, 0) is 49.2 Å². The molecule has 0 bridgehead atoms. The Morgan fingerprint density at radius 1 is 1.16 bits per heavy atom. The Kier molecular flexibility index (Phi) is 4.97. The van der Waals surface area contributed by atoms with Crippen LogP contribution in [0.25, 0.3) is 0 Å². The zero-order chi connectivity index (χ0) is 21.5. The Balaban J connectivity index is 1.22. The van der Waals surface area contributed by atoms with Crippen LogP contribution in [0, 0.1) is 13.8 Å². The van der Waals surface area contributed by atoms with Gasteiger partial charge in [0.1, 0.15) is 18.6 Å². The molecule has 8 nitrogen and oxygen atoms in total. The molecule has 0 radical (unpaired) electrons. The van der Waals surface area contributed by atoms with Crippen LogP contribution in [0.3, 0.4) is 0 Å². The topological polar surface area (TPSA) is 83.5 Å². The first-order valence-electron chi connectivity index (χ1n) is 10.0. The van der Waals surface area contributed by atoms with Gasteiger partial charge in [0, 0.05) is 23.9 Å². The summed E-state index contributed by atoms with van der Waals surface area (Å²) in [4.78, 5) is 33.8. The molecule has 31 heavy (non-hydrogen) atoms. The number of aliphatic imine (C=N–C) groups is 1. The summed E-state index contributed by atoms with van der Waals surface area (Å²) in [5, 5.41) is 3.04. The maximum absolute atomic E-state index is 13.0. The summed E-state index contributed by atoms with van der Waals surface area (Å²) in [6.07, 6.45) is 0.0805. The predicted octanol–water partition coefficient (Wildman–Crippen LogP) is 3.10. The molecule has 9 heteroatoms. The van der Waals surface area contributed by atoms with Crippen LogP contribution in [0.15, 0.2) is 41.4 Å². The van der Waals surface area contributed by atoms with E-state index in [9.17, 15) is 9.59 Å². The second kappa shape index (κ2) is 7.81. The lowest BCUT2D eigenvalue weighted by Crippen LogP contribution is -2.46. The summed E-state index contributed by atoms with van der Waals surface area (Å²) < 4.78 is 10.6. The Hall–Kier alpha value is -3.20. The van der Waals surface area contributed by atoms with E-state index in [0.29, 0.717) is 35.7 Å². The second-order valence-electron chi connectivity index (χ2n) is 7.73. The first-order chi connectivity index (χ1) is 15.0. The van der Waals surface area contributed by atoms with E-state index in [0.717, 1.165) is 5.69 Å². The Morgan fingerprint density at radius 3 is 2.84 bits per heavy atom. The van der Waals surface area contributed by atoms with E-state index >= 15 is 0 Å². The maximum Gasteiger partial charge on any atom is 0.244 e. The van der Waals surface area contributed by atoms with Gasteiger partial charge in [-0.15, -0.1) is 0 Å². The van der Waals surface area contributed by atoms with E-state index < -0.39 is 5.25 Å². The minimum Gasteiger partial charge on any atom is -0.454 e. The van der Waals surface area contributed by atoms with Gasteiger partial charge < -0.3 is 19.7 Å². The largest absolute Gasteiger partial charge is 0.454 e. The molecule has 2 aromatic carbocycles. The average Bonchev–Trinajstić information content (AvgIpc) is 3.34. The molecule has 3 heterocycles. The number of nitrogens with one attached hydrogen (secondary N) is 1. The number of carbonyl (C=O) groups is 2. The molecule has 0 spiro atoms. The number of benzene rings is 2. The van der Waals surface area contributed by atoms with Crippen LogP contribution < -0.4 is 19.7 Å². The molecule has 0 saturated carbocycles. The first kappa shape index (κ1) is 19.7. The van der Waals surface area contributed by atoms with Crippen molar-refractivity contribution in [1.29, 1.82) is 0 Å². The number of rotatable bonds is 4. The molecule has 2 aromatic rings. The van der Waals surface area contributed by atoms with Crippen molar-refractivity contribution in [1.82, 2.24) is 4.90 Å². The average molecular weight is 439 g/mol. The summed E-state index contributed by atoms with van der Waals surface area (Å²) in [6, 6.07) is 11.5. The van der Waals surface area contributed by atoms with Crippen molar-refractivity contribution < 1.29 is 19.1 Å². The third-order valence-electron chi connectivity index (χ3n) is 5.59. The number of amidine groups is 1. The normalized spacial score (nSPS) is 19.4. The quantitative estimate of drug-likeness (QED) is 0.790. The van der Waals surface area contributed by atoms with Gasteiger partial charge >= 0.3 is 0 Å². The van der Waals surface area contributed by atoms with Gasteiger partial charge in [0.2, 0.25) is 18.6 Å². The fourth-order valence-electron chi connectivity index (χ4n) is 3.69. The smallest absolute Gasteiger partial charge is 0.244 e. The van der Waals surface area contributed by atoms with Crippen molar-refractivity contribution in [3.8, 4) is 11.5 Å². The fourth-order valence-corrected chi connectivity index (χ4v) is 4.82. The summed E-state index contributed by atoms with van der Waals surface area (Å²) in [6.45, 7) is 5.25. The Labute approximate surface area is 184 Å². The summed E-state index contributed by atoms with van der Waals surface area (Å²) in [5.41, 5.74) is 4.08. The maximum atomic E-state index is 13.0. The van der Waals surface area contributed by atoms with Gasteiger partial charge in [-0.1, -0.05) is 17.8 Å². The highest BCUT2D eigenvalue weighted by Gasteiger charge is 2.41. The third-order valence-corrected chi connectivity index (χ3v) is 6.80. The van der Waals surface area contributed by atoms with Gasteiger partial charge in [-0.2, -0.15) is 0 Å². The zero-order valence-electron chi connectivity index (χ0n) is 17.3. The molecule has 1 atom stereocenters. The van der Waals surface area contributed by atoms with Gasteiger partial charge in [-0.3, -0.25) is 14.5 Å². The molecule has 1 N–H and O–H groups in total. The number of fused-ring (bicyclic) bond motifs is 2. The van der Waals surface area contributed by atoms with Gasteiger partial charge in [0.15, 0.2) is 16.7 Å². The van der Waals surface area contributed by atoms with Crippen LogP contribution in [0.5, 0.6) is 11.5 Å². The molecule has 0 aromatic heterocycles. The van der Waals surface area contributed by atoms with Crippen molar-refractivity contribution in [2.45, 2.75) is 25.5 Å². The van der Waals surface area contributed by atoms with Crippen molar-refractivity contribution in [2.75, 3.05) is 30.3 Å². The number of aryl methyl sites for hydroxylation is 2. The molecule has 3 aliphatic rings. The van der Waals surface area contributed by atoms with Crippen LogP contribution in [0.1, 0.15) is 17.5 Å². The molecule has 160 valence electrons. The van der Waals surface area contributed by atoms with Crippen LogP contribution >= 0.6 is 11.8 Å². The lowest BCUT2D eigenvalue weighted by atomic mass is 10.1. The monoisotopic (exact) mass is 438 g/mol. The highest BCUT2D eigenvalue weighted by molar-refractivity contribution is 8.15. The number of carbonyl (C=O) groups excluding carboxylic acids is 2. The van der Waals surface area contributed by atoms with Crippen LogP contribution in [0.4, 0.5) is 11.4 Å². The van der Waals surface area contributed by atoms with Crippen LogP contribution in [-0.4, -0.2) is 47.3 Å². The van der Waals surface area contributed by atoms with Crippen LogP contribution in [-0.2, 0) is 9.59 Å². The minimum atomic E-state index is -0.479. The van der Waals surface area contributed by atoms with E-state index in [1.165, 1.54) is 22.9 Å². The SMILES string of the molecule is Cc1ccc(N2CN=C3S[C@H](CC(=O)Nc4ccc5c(c4)OCO5)C(=O)N3C2)cc1C. The fraction of sp³-hybridized carbons (Fsp3) is 0.318. The van der Waals surface area contributed by atoms with Crippen LogP contribution in [0.2, 0.25) is 0 Å². The van der Waals surface area contributed by atoms with E-state index in [4.69, 9.17) is 9.47 Å². The third kappa shape index (κ3) is 3.81. The molecule has 0 aliphatic carbocycles. The molecule has 2 amide bonds. The van der Waals surface area contributed by atoms with Gasteiger partial charge in [-0.25, -0.2) is 4.99 Å². The highest BCUT2D eigenvalue weighted by Crippen LogP contribution is 2.35. The Bertz CT molecular complexity index is 1100. The zero-order valence-corrected chi connectivity index (χ0v) is 18.1. The molecular weight excluding hydrogens is 416 g/mol.